The van der Waals surface area contributed by atoms with Crippen molar-refractivity contribution in [1.29, 1.82) is 0 Å². The summed E-state index contributed by atoms with van der Waals surface area (Å²) >= 11 is 0.852. The topological polar surface area (TPSA) is 102 Å². The minimum atomic E-state index is -1.22. The molecule has 0 saturated carbocycles. The molecule has 9 nitrogen and oxygen atoms in total. The summed E-state index contributed by atoms with van der Waals surface area (Å²) in [4.78, 5) is 49.8. The maximum Gasteiger partial charge on any atom is 0.429 e. The monoisotopic (exact) mass is 410 g/mol. The second-order valence-corrected chi connectivity index (χ2v) is 6.81. The Bertz CT molecular complexity index is 728. The second kappa shape index (κ2) is 9.98. The molecule has 2 rings (SSSR count). The van der Waals surface area contributed by atoms with E-state index < -0.39 is 29.4 Å². The fourth-order valence-corrected chi connectivity index (χ4v) is 3.80. The zero-order valence-electron chi connectivity index (χ0n) is 15.8. The number of rotatable bonds is 5. The summed E-state index contributed by atoms with van der Waals surface area (Å²) in [6.45, 7) is 3.24. The number of thioether (sulfide) groups is 1. The molecule has 2 amide bonds. The van der Waals surface area contributed by atoms with E-state index in [1.54, 1.807) is 44.2 Å². The molecule has 0 bridgehead atoms. The number of nitrogens with zero attached hydrogens (tertiary/aromatic N) is 2. The third kappa shape index (κ3) is 4.75. The van der Waals surface area contributed by atoms with E-state index in [0.29, 0.717) is 5.56 Å². The van der Waals surface area contributed by atoms with Gasteiger partial charge in [-0.25, -0.2) is 19.4 Å². The molecular formula is C18H22N2O7S. The molecular weight excluding hydrogens is 388 g/mol. The number of esters is 1. The number of benzene rings is 1. The minimum Gasteiger partial charge on any atom is -0.467 e. The van der Waals surface area contributed by atoms with Crippen molar-refractivity contribution in [2.45, 2.75) is 25.1 Å². The molecule has 0 spiro atoms. The van der Waals surface area contributed by atoms with E-state index in [2.05, 4.69) is 0 Å². The second-order valence-electron chi connectivity index (χ2n) is 5.60. The van der Waals surface area contributed by atoms with E-state index in [0.717, 1.165) is 21.8 Å². The zero-order valence-corrected chi connectivity index (χ0v) is 16.6. The normalized spacial score (nSPS) is 18.5. The van der Waals surface area contributed by atoms with Crippen molar-refractivity contribution >= 4 is 35.0 Å². The average Bonchev–Trinajstić information content (AvgIpc) is 3.07. The third-order valence-corrected chi connectivity index (χ3v) is 5.03. The first kappa shape index (κ1) is 21.5. The summed E-state index contributed by atoms with van der Waals surface area (Å²) < 4.78 is 14.8. The predicted molar refractivity (Wildman–Crippen MR) is 101 cm³/mol. The molecule has 2 atom stereocenters. The number of amides is 2. The summed E-state index contributed by atoms with van der Waals surface area (Å²) in [5, 5.41) is 0.783. The standard InChI is InChI=1S/C18H22N2O7S/c1-4-26-17(23)19-11-13(28-16(22)12-9-7-6-8-10-12)14(15(21)25-3)20(19)18(24)27-5-2/h6-10,13-14H,4-5,11H2,1-3H3. The molecule has 2 unspecified atom stereocenters. The van der Waals surface area contributed by atoms with Crippen molar-refractivity contribution in [3.8, 4) is 0 Å². The van der Waals surface area contributed by atoms with Gasteiger partial charge >= 0.3 is 18.2 Å². The highest BCUT2D eigenvalue weighted by Crippen LogP contribution is 2.32. The van der Waals surface area contributed by atoms with Crippen LogP contribution in [0.5, 0.6) is 0 Å². The van der Waals surface area contributed by atoms with Crippen LogP contribution in [0.3, 0.4) is 0 Å². The Kier molecular flexibility index (Phi) is 7.68. The Balaban J connectivity index is 2.34. The van der Waals surface area contributed by atoms with Gasteiger partial charge in [-0.3, -0.25) is 4.79 Å². The number of carbonyl (C=O) groups is 4. The first-order valence-corrected chi connectivity index (χ1v) is 9.56. The van der Waals surface area contributed by atoms with Gasteiger partial charge in [0.05, 0.1) is 32.1 Å². The van der Waals surface area contributed by atoms with Crippen molar-refractivity contribution in [2.24, 2.45) is 0 Å². The summed E-state index contributed by atoms with van der Waals surface area (Å²) in [6.07, 6.45) is -1.72. The average molecular weight is 410 g/mol. The molecule has 1 aliphatic heterocycles. The van der Waals surface area contributed by atoms with Gasteiger partial charge in [0.2, 0.25) is 5.12 Å². The van der Waals surface area contributed by atoms with Crippen LogP contribution >= 0.6 is 11.8 Å². The van der Waals surface area contributed by atoms with Crippen LogP contribution in [-0.4, -0.2) is 71.4 Å². The zero-order chi connectivity index (χ0) is 20.7. The van der Waals surface area contributed by atoms with Gasteiger partial charge in [-0.2, -0.15) is 5.01 Å². The molecule has 0 N–H and O–H groups in total. The number of methoxy groups -OCH3 is 1. The Morgan fingerprint density at radius 1 is 1.04 bits per heavy atom. The summed E-state index contributed by atoms with van der Waals surface area (Å²) in [5.74, 6) is -0.766. The predicted octanol–water partition coefficient (Wildman–Crippen LogP) is 2.32. The lowest BCUT2D eigenvalue weighted by molar-refractivity contribution is -0.148. The quantitative estimate of drug-likeness (QED) is 0.538. The summed E-state index contributed by atoms with van der Waals surface area (Å²) in [5.41, 5.74) is 0.438. The van der Waals surface area contributed by atoms with Gasteiger partial charge in [0.15, 0.2) is 6.04 Å². The first-order valence-electron chi connectivity index (χ1n) is 8.68. The molecule has 10 heteroatoms. The molecule has 1 heterocycles. The number of carbonyl (C=O) groups excluding carboxylic acids is 4. The van der Waals surface area contributed by atoms with Crippen LogP contribution in [0, 0.1) is 0 Å². The van der Waals surface area contributed by atoms with Crippen molar-refractivity contribution in [3.05, 3.63) is 35.9 Å². The molecule has 1 aromatic rings. The van der Waals surface area contributed by atoms with E-state index in [9.17, 15) is 19.2 Å². The third-order valence-electron chi connectivity index (χ3n) is 3.87. The number of hydrogen-bond donors (Lipinski definition) is 0. The van der Waals surface area contributed by atoms with E-state index in [-0.39, 0.29) is 24.9 Å². The van der Waals surface area contributed by atoms with Gasteiger partial charge in [-0.15, -0.1) is 0 Å². The van der Waals surface area contributed by atoms with Crippen LogP contribution in [0.2, 0.25) is 0 Å². The van der Waals surface area contributed by atoms with Crippen LogP contribution < -0.4 is 0 Å². The van der Waals surface area contributed by atoms with Crippen molar-refractivity contribution < 1.29 is 33.4 Å². The smallest absolute Gasteiger partial charge is 0.429 e. The fraction of sp³-hybridized carbons (Fsp3) is 0.444. The molecule has 152 valence electrons. The van der Waals surface area contributed by atoms with E-state index >= 15 is 0 Å². The Hall–Kier alpha value is -2.75. The molecule has 1 saturated heterocycles. The molecule has 1 aromatic carbocycles. The van der Waals surface area contributed by atoms with Crippen molar-refractivity contribution in [2.75, 3.05) is 26.9 Å². The molecule has 28 heavy (non-hydrogen) atoms. The van der Waals surface area contributed by atoms with E-state index in [1.807, 2.05) is 0 Å². The Morgan fingerprint density at radius 2 is 1.64 bits per heavy atom. The molecule has 0 aliphatic carbocycles. The van der Waals surface area contributed by atoms with E-state index in [1.165, 1.54) is 7.11 Å². The Labute approximate surface area is 166 Å². The maximum atomic E-state index is 12.6. The highest BCUT2D eigenvalue weighted by molar-refractivity contribution is 8.14. The lowest BCUT2D eigenvalue weighted by Gasteiger charge is -2.29. The summed E-state index contributed by atoms with van der Waals surface area (Å²) in [7, 11) is 1.17. The minimum absolute atomic E-state index is 0.0423. The van der Waals surface area contributed by atoms with E-state index in [4.69, 9.17) is 14.2 Å². The fourth-order valence-electron chi connectivity index (χ4n) is 2.68. The van der Waals surface area contributed by atoms with Gasteiger partial charge in [-0.1, -0.05) is 42.1 Å². The number of hydrogen-bond acceptors (Lipinski definition) is 8. The van der Waals surface area contributed by atoms with Crippen molar-refractivity contribution in [1.82, 2.24) is 10.0 Å². The van der Waals surface area contributed by atoms with Crippen LogP contribution in [0.1, 0.15) is 24.2 Å². The highest BCUT2D eigenvalue weighted by atomic mass is 32.2. The largest absolute Gasteiger partial charge is 0.467 e. The molecule has 1 aliphatic rings. The van der Waals surface area contributed by atoms with Gasteiger partial charge in [0, 0.05) is 5.56 Å². The van der Waals surface area contributed by atoms with Gasteiger partial charge in [-0.05, 0) is 13.8 Å². The van der Waals surface area contributed by atoms with Crippen LogP contribution in [0.15, 0.2) is 30.3 Å². The summed E-state index contributed by atoms with van der Waals surface area (Å²) in [6, 6.07) is 7.28. The van der Waals surface area contributed by atoms with Crippen LogP contribution in [-0.2, 0) is 19.0 Å². The van der Waals surface area contributed by atoms with Gasteiger partial charge < -0.3 is 14.2 Å². The van der Waals surface area contributed by atoms with Gasteiger partial charge in [0.1, 0.15) is 0 Å². The Morgan fingerprint density at radius 3 is 2.21 bits per heavy atom. The molecule has 0 radical (unpaired) electrons. The first-order chi connectivity index (χ1) is 13.4. The van der Waals surface area contributed by atoms with Gasteiger partial charge in [0.25, 0.3) is 0 Å². The lowest BCUT2D eigenvalue weighted by Crippen LogP contribution is -2.52. The number of hydrazine groups is 1. The molecule has 0 aromatic heterocycles. The molecule has 1 fully saturated rings. The highest BCUT2D eigenvalue weighted by Gasteiger charge is 2.52. The SMILES string of the molecule is CCOC(=O)N1CC(SC(=O)c2ccccc2)C(C(=O)OC)N1C(=O)OCC. The van der Waals surface area contributed by atoms with Crippen LogP contribution in [0.4, 0.5) is 9.59 Å². The lowest BCUT2D eigenvalue weighted by atomic mass is 10.2. The maximum absolute atomic E-state index is 12.6. The van der Waals surface area contributed by atoms with Crippen molar-refractivity contribution in [3.63, 3.8) is 0 Å². The van der Waals surface area contributed by atoms with Crippen LogP contribution in [0.25, 0.3) is 0 Å². The number of ether oxygens (including phenoxy) is 3.